The largest absolute Gasteiger partial charge is 0.398 e. The van der Waals surface area contributed by atoms with Crippen LogP contribution in [0.15, 0.2) is 42.6 Å². The van der Waals surface area contributed by atoms with Gasteiger partial charge in [0.2, 0.25) is 5.91 Å². The normalized spacial score (nSPS) is 13.8. The van der Waals surface area contributed by atoms with Gasteiger partial charge in [0.1, 0.15) is 0 Å². The van der Waals surface area contributed by atoms with E-state index in [2.05, 4.69) is 4.98 Å². The minimum Gasteiger partial charge on any atom is -0.398 e. The van der Waals surface area contributed by atoms with E-state index in [9.17, 15) is 4.79 Å². The Morgan fingerprint density at radius 1 is 1.24 bits per heavy atom. The van der Waals surface area contributed by atoms with Crippen LogP contribution >= 0.6 is 0 Å². The first kappa shape index (κ1) is 13.6. The number of aryl methyl sites for hydroxylation is 1. The highest BCUT2D eigenvalue weighted by atomic mass is 16.2. The maximum Gasteiger partial charge on any atom is 0.227 e. The molecule has 21 heavy (non-hydrogen) atoms. The van der Waals surface area contributed by atoms with E-state index in [-0.39, 0.29) is 5.91 Å². The number of pyridine rings is 1. The minimum absolute atomic E-state index is 0.146. The number of anilines is 2. The number of hydrogen-bond donors (Lipinski definition) is 1. The summed E-state index contributed by atoms with van der Waals surface area (Å²) in [6.07, 6.45) is 4.83. The van der Waals surface area contributed by atoms with Gasteiger partial charge < -0.3 is 10.6 Å². The molecule has 0 atom stereocenters. The van der Waals surface area contributed by atoms with Crippen LogP contribution in [0.4, 0.5) is 11.4 Å². The molecule has 2 heterocycles. The Kier molecular flexibility index (Phi) is 3.86. The standard InChI is InChI=1S/C17H19N3O/c18-15-7-3-8-16-14(15)6-4-12-20(16)17(21)10-9-13-5-1-2-11-19-13/h1-3,5,7-8,11H,4,6,9-10,12,18H2. The van der Waals surface area contributed by atoms with E-state index in [0.29, 0.717) is 12.8 Å². The van der Waals surface area contributed by atoms with E-state index >= 15 is 0 Å². The molecular weight excluding hydrogens is 262 g/mol. The molecule has 3 rings (SSSR count). The summed E-state index contributed by atoms with van der Waals surface area (Å²) in [7, 11) is 0. The summed E-state index contributed by atoms with van der Waals surface area (Å²) < 4.78 is 0. The van der Waals surface area contributed by atoms with Crippen molar-refractivity contribution in [1.82, 2.24) is 4.98 Å². The van der Waals surface area contributed by atoms with Crippen LogP contribution < -0.4 is 10.6 Å². The van der Waals surface area contributed by atoms with E-state index in [1.165, 1.54) is 0 Å². The second kappa shape index (κ2) is 5.95. The molecule has 0 fully saturated rings. The van der Waals surface area contributed by atoms with Crippen molar-refractivity contribution in [1.29, 1.82) is 0 Å². The zero-order valence-corrected chi connectivity index (χ0v) is 12.0. The Hall–Kier alpha value is -2.36. The molecule has 0 unspecified atom stereocenters. The molecule has 1 aliphatic rings. The third-order valence-electron chi connectivity index (χ3n) is 3.91. The predicted octanol–water partition coefficient (Wildman–Crippen LogP) is 2.58. The van der Waals surface area contributed by atoms with Crippen LogP contribution in [-0.4, -0.2) is 17.4 Å². The molecule has 0 aliphatic carbocycles. The fourth-order valence-electron chi connectivity index (χ4n) is 2.83. The van der Waals surface area contributed by atoms with Gasteiger partial charge in [-0.3, -0.25) is 9.78 Å². The second-order valence-corrected chi connectivity index (χ2v) is 5.31. The van der Waals surface area contributed by atoms with Crippen molar-refractivity contribution in [3.63, 3.8) is 0 Å². The van der Waals surface area contributed by atoms with Gasteiger partial charge in [-0.2, -0.15) is 0 Å². The van der Waals surface area contributed by atoms with Gasteiger partial charge in [0, 0.05) is 36.2 Å². The van der Waals surface area contributed by atoms with Crippen molar-refractivity contribution in [3.8, 4) is 0 Å². The summed E-state index contributed by atoms with van der Waals surface area (Å²) in [4.78, 5) is 18.6. The first-order valence-corrected chi connectivity index (χ1v) is 7.33. The smallest absolute Gasteiger partial charge is 0.227 e. The van der Waals surface area contributed by atoms with Crippen molar-refractivity contribution in [3.05, 3.63) is 53.9 Å². The number of fused-ring (bicyclic) bond motifs is 1. The summed E-state index contributed by atoms with van der Waals surface area (Å²) >= 11 is 0. The van der Waals surface area contributed by atoms with Crippen molar-refractivity contribution >= 4 is 17.3 Å². The summed E-state index contributed by atoms with van der Waals surface area (Å²) in [6, 6.07) is 11.6. The van der Waals surface area contributed by atoms with Crippen LogP contribution in [0.5, 0.6) is 0 Å². The monoisotopic (exact) mass is 281 g/mol. The number of benzene rings is 1. The molecule has 2 aromatic rings. The number of amides is 1. The maximum atomic E-state index is 12.5. The highest BCUT2D eigenvalue weighted by Crippen LogP contribution is 2.31. The number of aromatic nitrogens is 1. The third kappa shape index (κ3) is 2.89. The van der Waals surface area contributed by atoms with Gasteiger partial charge in [0.25, 0.3) is 0 Å². The first-order chi connectivity index (χ1) is 10.3. The van der Waals surface area contributed by atoms with Crippen molar-refractivity contribution < 1.29 is 4.79 Å². The Bertz CT molecular complexity index is 640. The number of carbonyl (C=O) groups is 1. The topological polar surface area (TPSA) is 59.2 Å². The molecule has 0 spiro atoms. The van der Waals surface area contributed by atoms with E-state index in [1.807, 2.05) is 41.3 Å². The average Bonchev–Trinajstić information content (AvgIpc) is 2.53. The van der Waals surface area contributed by atoms with Crippen molar-refractivity contribution in [2.75, 3.05) is 17.2 Å². The lowest BCUT2D eigenvalue weighted by molar-refractivity contribution is -0.118. The van der Waals surface area contributed by atoms with E-state index in [1.54, 1.807) is 6.20 Å². The third-order valence-corrected chi connectivity index (χ3v) is 3.91. The number of hydrogen-bond acceptors (Lipinski definition) is 3. The number of nitrogens with two attached hydrogens (primary N) is 1. The summed E-state index contributed by atoms with van der Waals surface area (Å²) in [5.41, 5.74) is 9.85. The Morgan fingerprint density at radius 3 is 2.95 bits per heavy atom. The van der Waals surface area contributed by atoms with Crippen LogP contribution in [0.25, 0.3) is 0 Å². The number of nitrogens with zero attached hydrogens (tertiary/aromatic N) is 2. The molecule has 0 bridgehead atoms. The number of rotatable bonds is 3. The van der Waals surface area contributed by atoms with Crippen LogP contribution in [0.3, 0.4) is 0 Å². The van der Waals surface area contributed by atoms with E-state index < -0.39 is 0 Å². The molecule has 1 aromatic carbocycles. The van der Waals surface area contributed by atoms with Gasteiger partial charge in [-0.15, -0.1) is 0 Å². The van der Waals surface area contributed by atoms with Crippen LogP contribution in [0.1, 0.15) is 24.1 Å². The van der Waals surface area contributed by atoms with Gasteiger partial charge in [-0.1, -0.05) is 12.1 Å². The maximum absolute atomic E-state index is 12.5. The quantitative estimate of drug-likeness (QED) is 0.880. The lowest BCUT2D eigenvalue weighted by Crippen LogP contribution is -2.35. The number of carbonyl (C=O) groups excluding carboxylic acids is 1. The molecule has 1 aromatic heterocycles. The molecule has 0 saturated heterocycles. The fourth-order valence-corrected chi connectivity index (χ4v) is 2.83. The molecular formula is C17H19N3O. The summed E-state index contributed by atoms with van der Waals surface area (Å²) in [5.74, 6) is 0.146. The lowest BCUT2D eigenvalue weighted by Gasteiger charge is -2.30. The lowest BCUT2D eigenvalue weighted by atomic mass is 9.99. The molecule has 0 radical (unpaired) electrons. The summed E-state index contributed by atoms with van der Waals surface area (Å²) in [5, 5.41) is 0. The second-order valence-electron chi connectivity index (χ2n) is 5.31. The molecule has 108 valence electrons. The van der Waals surface area contributed by atoms with Gasteiger partial charge in [0.15, 0.2) is 0 Å². The predicted molar refractivity (Wildman–Crippen MR) is 84.1 cm³/mol. The van der Waals surface area contributed by atoms with Crippen LogP contribution in [0, 0.1) is 0 Å². The SMILES string of the molecule is Nc1cccc2c1CCCN2C(=O)CCc1ccccn1. The highest BCUT2D eigenvalue weighted by Gasteiger charge is 2.23. The Morgan fingerprint density at radius 2 is 2.14 bits per heavy atom. The molecule has 1 aliphatic heterocycles. The fraction of sp³-hybridized carbons (Fsp3) is 0.294. The van der Waals surface area contributed by atoms with Crippen molar-refractivity contribution in [2.45, 2.75) is 25.7 Å². The van der Waals surface area contributed by atoms with E-state index in [4.69, 9.17) is 5.73 Å². The first-order valence-electron chi connectivity index (χ1n) is 7.33. The van der Waals surface area contributed by atoms with Crippen LogP contribution in [0.2, 0.25) is 0 Å². The average molecular weight is 281 g/mol. The Labute approximate surface area is 124 Å². The van der Waals surface area contributed by atoms with Gasteiger partial charge >= 0.3 is 0 Å². The minimum atomic E-state index is 0.146. The zero-order chi connectivity index (χ0) is 14.7. The van der Waals surface area contributed by atoms with Crippen LogP contribution in [-0.2, 0) is 17.6 Å². The van der Waals surface area contributed by atoms with Gasteiger partial charge in [-0.25, -0.2) is 0 Å². The van der Waals surface area contributed by atoms with Gasteiger partial charge in [0.05, 0.1) is 0 Å². The zero-order valence-electron chi connectivity index (χ0n) is 12.0. The molecule has 0 saturated carbocycles. The van der Waals surface area contributed by atoms with Gasteiger partial charge in [-0.05, 0) is 49.1 Å². The molecule has 2 N–H and O–H groups in total. The summed E-state index contributed by atoms with van der Waals surface area (Å²) in [6.45, 7) is 0.775. The van der Waals surface area contributed by atoms with E-state index in [0.717, 1.165) is 42.0 Å². The molecule has 4 heteroatoms. The Balaban J connectivity index is 1.73. The highest BCUT2D eigenvalue weighted by molar-refractivity contribution is 5.95. The molecule has 4 nitrogen and oxygen atoms in total. The number of nitrogen functional groups attached to an aromatic ring is 1. The molecule has 1 amide bonds. The van der Waals surface area contributed by atoms with Crippen molar-refractivity contribution in [2.24, 2.45) is 0 Å².